The average Bonchev–Trinajstić information content (AvgIpc) is 1.98. The summed E-state index contributed by atoms with van der Waals surface area (Å²) in [5.41, 5.74) is 0.421. The van der Waals surface area contributed by atoms with Crippen LogP contribution in [0.25, 0.3) is 0 Å². The van der Waals surface area contributed by atoms with E-state index in [1.54, 1.807) is 0 Å². The van der Waals surface area contributed by atoms with E-state index in [1.165, 1.54) is 12.8 Å². The summed E-state index contributed by atoms with van der Waals surface area (Å²) in [6.07, 6.45) is 6.65. The van der Waals surface area contributed by atoms with Gasteiger partial charge in [-0.3, -0.25) is 0 Å². The number of aliphatic hydroxyl groups excluding tert-OH is 1. The summed E-state index contributed by atoms with van der Waals surface area (Å²) >= 11 is 0. The van der Waals surface area contributed by atoms with Crippen molar-refractivity contribution in [3.8, 4) is 0 Å². The molecule has 0 aliphatic carbocycles. The molecule has 1 heteroatoms. The smallest absolute Gasteiger partial charge is 0.0540 e. The summed E-state index contributed by atoms with van der Waals surface area (Å²) in [6, 6.07) is 0. The fraction of sp³-hybridized carbons (Fsp3) is 1.00. The second-order valence-electron chi connectivity index (χ2n) is 5.25. The van der Waals surface area contributed by atoms with Gasteiger partial charge in [-0.25, -0.2) is 0 Å². The highest BCUT2D eigenvalue weighted by Crippen LogP contribution is 2.22. The van der Waals surface area contributed by atoms with E-state index in [-0.39, 0.29) is 6.10 Å². The first-order valence-corrected chi connectivity index (χ1v) is 5.64. The predicted octanol–water partition coefficient (Wildman–Crippen LogP) is 3.75. The molecule has 0 saturated carbocycles. The molecule has 0 radical (unpaired) electrons. The zero-order valence-corrected chi connectivity index (χ0v) is 9.77. The van der Waals surface area contributed by atoms with Gasteiger partial charge in [-0.2, -0.15) is 0 Å². The van der Waals surface area contributed by atoms with Crippen molar-refractivity contribution >= 4 is 0 Å². The van der Waals surface area contributed by atoms with Crippen molar-refractivity contribution in [1.82, 2.24) is 0 Å². The molecule has 0 fully saturated rings. The molecule has 0 bridgehead atoms. The Kier molecular flexibility index (Phi) is 6.40. The van der Waals surface area contributed by atoms with E-state index in [1.807, 2.05) is 0 Å². The van der Waals surface area contributed by atoms with Gasteiger partial charge in [0.2, 0.25) is 0 Å². The van der Waals surface area contributed by atoms with Gasteiger partial charge in [-0.1, -0.05) is 47.0 Å². The van der Waals surface area contributed by atoms with Crippen molar-refractivity contribution in [2.45, 2.75) is 72.3 Å². The van der Waals surface area contributed by atoms with Crippen molar-refractivity contribution in [3.63, 3.8) is 0 Å². The van der Waals surface area contributed by atoms with Crippen LogP contribution in [0.15, 0.2) is 0 Å². The van der Waals surface area contributed by atoms with Gasteiger partial charge < -0.3 is 5.11 Å². The van der Waals surface area contributed by atoms with Crippen LogP contribution in [-0.4, -0.2) is 11.2 Å². The van der Waals surface area contributed by atoms with Crippen molar-refractivity contribution < 1.29 is 5.11 Å². The van der Waals surface area contributed by atoms with E-state index in [0.717, 1.165) is 25.7 Å². The molecule has 80 valence electrons. The lowest BCUT2D eigenvalue weighted by Crippen LogP contribution is -2.09. The van der Waals surface area contributed by atoms with Gasteiger partial charge in [0, 0.05) is 0 Å². The molecule has 0 amide bonds. The van der Waals surface area contributed by atoms with Crippen molar-refractivity contribution in [2.75, 3.05) is 0 Å². The molecule has 0 rings (SSSR count). The molecular weight excluding hydrogens is 160 g/mol. The lowest BCUT2D eigenvalue weighted by molar-refractivity contribution is 0.143. The second-order valence-corrected chi connectivity index (χ2v) is 5.25. The van der Waals surface area contributed by atoms with Crippen LogP contribution >= 0.6 is 0 Å². The molecule has 0 aliphatic rings. The van der Waals surface area contributed by atoms with Crippen LogP contribution in [0.3, 0.4) is 0 Å². The SMILES string of the molecule is CCCC[C@H](O)CCCC(C)(C)C. The molecule has 0 aliphatic heterocycles. The van der Waals surface area contributed by atoms with Gasteiger partial charge >= 0.3 is 0 Å². The first-order valence-electron chi connectivity index (χ1n) is 5.64. The maximum atomic E-state index is 9.58. The molecule has 0 unspecified atom stereocenters. The lowest BCUT2D eigenvalue weighted by atomic mass is 9.89. The molecule has 1 nitrogen and oxygen atoms in total. The van der Waals surface area contributed by atoms with E-state index < -0.39 is 0 Å². The normalized spacial score (nSPS) is 14.5. The minimum absolute atomic E-state index is 0.0534. The quantitative estimate of drug-likeness (QED) is 0.669. The first-order chi connectivity index (χ1) is 5.95. The summed E-state index contributed by atoms with van der Waals surface area (Å²) < 4.78 is 0. The minimum Gasteiger partial charge on any atom is -0.393 e. The summed E-state index contributed by atoms with van der Waals surface area (Å²) in [6.45, 7) is 8.93. The molecule has 1 N–H and O–H groups in total. The molecule has 0 heterocycles. The largest absolute Gasteiger partial charge is 0.393 e. The van der Waals surface area contributed by atoms with Crippen LogP contribution in [0.5, 0.6) is 0 Å². The molecular formula is C12H26O. The van der Waals surface area contributed by atoms with Gasteiger partial charge in [-0.05, 0) is 24.7 Å². The summed E-state index contributed by atoms with van der Waals surface area (Å²) in [5, 5.41) is 9.58. The highest BCUT2D eigenvalue weighted by atomic mass is 16.3. The molecule has 0 aromatic rings. The lowest BCUT2D eigenvalue weighted by Gasteiger charge is -2.18. The van der Waals surface area contributed by atoms with Gasteiger partial charge in [0.05, 0.1) is 6.10 Å². The highest BCUT2D eigenvalue weighted by Gasteiger charge is 2.11. The Morgan fingerprint density at radius 1 is 1.08 bits per heavy atom. The van der Waals surface area contributed by atoms with E-state index in [0.29, 0.717) is 5.41 Å². The van der Waals surface area contributed by atoms with Crippen LogP contribution in [0, 0.1) is 5.41 Å². The maximum Gasteiger partial charge on any atom is 0.0540 e. The number of unbranched alkanes of at least 4 members (excludes halogenated alkanes) is 1. The molecule has 13 heavy (non-hydrogen) atoms. The van der Waals surface area contributed by atoms with Gasteiger partial charge in [0.25, 0.3) is 0 Å². The van der Waals surface area contributed by atoms with Crippen LogP contribution in [0.4, 0.5) is 0 Å². The minimum atomic E-state index is -0.0534. The Hall–Kier alpha value is -0.0400. The zero-order chi connectivity index (χ0) is 10.3. The van der Waals surface area contributed by atoms with Crippen LogP contribution in [0.1, 0.15) is 66.2 Å². The van der Waals surface area contributed by atoms with Gasteiger partial charge in [0.15, 0.2) is 0 Å². The highest BCUT2D eigenvalue weighted by molar-refractivity contribution is 4.63. The Morgan fingerprint density at radius 3 is 2.08 bits per heavy atom. The van der Waals surface area contributed by atoms with E-state index >= 15 is 0 Å². The molecule has 0 spiro atoms. The van der Waals surface area contributed by atoms with Crippen molar-refractivity contribution in [2.24, 2.45) is 5.41 Å². The van der Waals surface area contributed by atoms with Crippen LogP contribution in [-0.2, 0) is 0 Å². The molecule has 0 aromatic heterocycles. The maximum absolute atomic E-state index is 9.58. The Morgan fingerprint density at radius 2 is 1.62 bits per heavy atom. The Balaban J connectivity index is 3.31. The van der Waals surface area contributed by atoms with E-state index in [2.05, 4.69) is 27.7 Å². The fourth-order valence-corrected chi connectivity index (χ4v) is 1.45. The summed E-state index contributed by atoms with van der Waals surface area (Å²) in [7, 11) is 0. The van der Waals surface area contributed by atoms with Crippen LogP contribution < -0.4 is 0 Å². The Labute approximate surface area is 83.5 Å². The standard InChI is InChI=1S/C12H26O/c1-5-6-8-11(13)9-7-10-12(2,3)4/h11,13H,5-10H2,1-4H3/t11-/m0/s1. The molecule has 0 aromatic carbocycles. The average molecular weight is 186 g/mol. The molecule has 0 saturated heterocycles. The van der Waals surface area contributed by atoms with E-state index in [4.69, 9.17) is 0 Å². The number of aliphatic hydroxyl groups is 1. The number of rotatable bonds is 6. The number of hydrogen-bond donors (Lipinski definition) is 1. The van der Waals surface area contributed by atoms with Gasteiger partial charge in [-0.15, -0.1) is 0 Å². The number of hydrogen-bond acceptors (Lipinski definition) is 1. The Bertz CT molecular complexity index is 113. The first kappa shape index (κ1) is 13.0. The summed E-state index contributed by atoms with van der Waals surface area (Å²) in [4.78, 5) is 0. The third-order valence-corrected chi connectivity index (χ3v) is 2.36. The van der Waals surface area contributed by atoms with Crippen LogP contribution in [0.2, 0.25) is 0 Å². The summed E-state index contributed by atoms with van der Waals surface area (Å²) in [5.74, 6) is 0. The topological polar surface area (TPSA) is 20.2 Å². The fourth-order valence-electron chi connectivity index (χ4n) is 1.45. The zero-order valence-electron chi connectivity index (χ0n) is 9.77. The third-order valence-electron chi connectivity index (χ3n) is 2.36. The second kappa shape index (κ2) is 6.42. The third kappa shape index (κ3) is 9.88. The molecule has 1 atom stereocenters. The van der Waals surface area contributed by atoms with Crippen molar-refractivity contribution in [1.29, 1.82) is 0 Å². The van der Waals surface area contributed by atoms with E-state index in [9.17, 15) is 5.11 Å². The van der Waals surface area contributed by atoms with Crippen molar-refractivity contribution in [3.05, 3.63) is 0 Å². The monoisotopic (exact) mass is 186 g/mol. The van der Waals surface area contributed by atoms with Gasteiger partial charge in [0.1, 0.15) is 0 Å². The predicted molar refractivity (Wildman–Crippen MR) is 58.8 cm³/mol.